The van der Waals surface area contributed by atoms with Crippen molar-refractivity contribution >= 4 is 21.7 Å². The van der Waals surface area contributed by atoms with Crippen molar-refractivity contribution in [2.45, 2.75) is 31.3 Å². The number of carbonyl (C=O) groups excluding carboxylic acids is 1. The lowest BCUT2D eigenvalue weighted by Gasteiger charge is -2.27. The van der Waals surface area contributed by atoms with Crippen LogP contribution in [0.1, 0.15) is 29.8 Å². The third-order valence-corrected chi connectivity index (χ3v) is 6.06. The van der Waals surface area contributed by atoms with Gasteiger partial charge in [-0.25, -0.2) is 4.39 Å². The molecule has 0 aliphatic heterocycles. The Kier molecular flexibility index (Phi) is 7.07. The Morgan fingerprint density at radius 2 is 1.58 bits per heavy atom. The van der Waals surface area contributed by atoms with Gasteiger partial charge in [0.1, 0.15) is 16.5 Å². The van der Waals surface area contributed by atoms with Crippen LogP contribution in [0, 0.1) is 15.9 Å². The van der Waals surface area contributed by atoms with Crippen molar-refractivity contribution in [2.75, 3.05) is 0 Å². The number of nitro benzene ring substituents is 1. The molecule has 10 heteroatoms. The molecule has 3 aromatic carbocycles. The Labute approximate surface area is 190 Å². The normalized spacial score (nSPS) is 11.3. The standard InChI is InChI=1S/C23H21FN2O6S/c1-16(2)25(23(27)18-5-9-20(10-6-18)26(28)29)15-17-3-11-21(12-4-17)32-33(30,31)22-13-7-19(24)8-14-22/h3-14,16H,15H2,1-2H3. The first-order chi connectivity index (χ1) is 15.6. The maximum absolute atomic E-state index is 13.0. The average molecular weight is 472 g/mol. The number of carbonyl (C=O) groups is 1. The zero-order chi connectivity index (χ0) is 24.2. The smallest absolute Gasteiger partial charge is 0.339 e. The molecule has 0 saturated heterocycles. The second-order valence-corrected chi connectivity index (χ2v) is 9.01. The van der Waals surface area contributed by atoms with Crippen LogP contribution in [0.3, 0.4) is 0 Å². The molecule has 0 aliphatic carbocycles. The number of hydrogen-bond donors (Lipinski definition) is 0. The highest BCUT2D eigenvalue weighted by atomic mass is 32.2. The van der Waals surface area contributed by atoms with Crippen LogP contribution in [0.4, 0.5) is 10.1 Å². The van der Waals surface area contributed by atoms with E-state index in [1.165, 1.54) is 36.4 Å². The van der Waals surface area contributed by atoms with Gasteiger partial charge in [-0.15, -0.1) is 0 Å². The minimum absolute atomic E-state index is 0.0702. The van der Waals surface area contributed by atoms with Crippen LogP contribution in [0.5, 0.6) is 5.75 Å². The molecule has 0 saturated carbocycles. The van der Waals surface area contributed by atoms with Crippen molar-refractivity contribution in [3.05, 3.63) is 99.9 Å². The van der Waals surface area contributed by atoms with Crippen LogP contribution in [-0.4, -0.2) is 30.2 Å². The van der Waals surface area contributed by atoms with Gasteiger partial charge >= 0.3 is 10.1 Å². The summed E-state index contributed by atoms with van der Waals surface area (Å²) < 4.78 is 42.8. The Bertz CT molecular complexity index is 1240. The summed E-state index contributed by atoms with van der Waals surface area (Å²) in [5, 5.41) is 10.8. The summed E-state index contributed by atoms with van der Waals surface area (Å²) in [5.74, 6) is -0.781. The minimum atomic E-state index is -4.12. The van der Waals surface area contributed by atoms with Crippen LogP contribution < -0.4 is 4.18 Å². The molecule has 0 atom stereocenters. The lowest BCUT2D eigenvalue weighted by atomic mass is 10.1. The van der Waals surface area contributed by atoms with Gasteiger partial charge < -0.3 is 9.08 Å². The van der Waals surface area contributed by atoms with Crippen LogP contribution in [0.2, 0.25) is 0 Å². The maximum atomic E-state index is 13.0. The highest BCUT2D eigenvalue weighted by Crippen LogP contribution is 2.22. The molecule has 0 radical (unpaired) electrons. The molecule has 0 bridgehead atoms. The second-order valence-electron chi connectivity index (χ2n) is 7.47. The second kappa shape index (κ2) is 9.78. The van der Waals surface area contributed by atoms with E-state index in [0.29, 0.717) is 5.56 Å². The van der Waals surface area contributed by atoms with E-state index >= 15 is 0 Å². The largest absolute Gasteiger partial charge is 0.379 e. The van der Waals surface area contributed by atoms with Gasteiger partial charge in [0.05, 0.1) is 4.92 Å². The Morgan fingerprint density at radius 3 is 2.09 bits per heavy atom. The van der Waals surface area contributed by atoms with Crippen molar-refractivity contribution in [1.82, 2.24) is 4.90 Å². The molecule has 172 valence electrons. The quantitative estimate of drug-likeness (QED) is 0.270. The zero-order valence-electron chi connectivity index (χ0n) is 17.8. The number of non-ortho nitro benzene ring substituents is 1. The van der Waals surface area contributed by atoms with E-state index in [1.54, 1.807) is 17.0 Å². The highest BCUT2D eigenvalue weighted by molar-refractivity contribution is 7.87. The van der Waals surface area contributed by atoms with Gasteiger partial charge in [0.2, 0.25) is 0 Å². The predicted molar refractivity (Wildman–Crippen MR) is 119 cm³/mol. The van der Waals surface area contributed by atoms with Gasteiger partial charge in [-0.05, 0) is 67.9 Å². The van der Waals surface area contributed by atoms with Gasteiger partial charge in [-0.2, -0.15) is 8.42 Å². The van der Waals surface area contributed by atoms with E-state index in [0.717, 1.165) is 29.8 Å². The number of hydrogen-bond acceptors (Lipinski definition) is 6. The fourth-order valence-corrected chi connectivity index (χ4v) is 3.93. The SMILES string of the molecule is CC(C)N(Cc1ccc(OS(=O)(=O)c2ccc(F)cc2)cc1)C(=O)c1ccc([N+](=O)[O-])cc1. The van der Waals surface area contributed by atoms with Gasteiger partial charge in [0, 0.05) is 30.3 Å². The molecular formula is C23H21FN2O6S. The fraction of sp³-hybridized carbons (Fsp3) is 0.174. The number of nitrogens with zero attached hydrogens (tertiary/aromatic N) is 2. The molecule has 3 rings (SSSR count). The highest BCUT2D eigenvalue weighted by Gasteiger charge is 2.21. The number of halogens is 1. The van der Waals surface area contributed by atoms with Crippen molar-refractivity contribution in [1.29, 1.82) is 0 Å². The summed E-state index contributed by atoms with van der Waals surface area (Å²) in [4.78, 5) is 24.6. The van der Waals surface area contributed by atoms with E-state index in [4.69, 9.17) is 4.18 Å². The molecule has 0 unspecified atom stereocenters. The summed E-state index contributed by atoms with van der Waals surface area (Å²) >= 11 is 0. The average Bonchev–Trinajstić information content (AvgIpc) is 2.78. The van der Waals surface area contributed by atoms with Crippen molar-refractivity contribution in [2.24, 2.45) is 0 Å². The summed E-state index contributed by atoms with van der Waals surface area (Å²) in [6.07, 6.45) is 0. The lowest BCUT2D eigenvalue weighted by molar-refractivity contribution is -0.384. The molecule has 8 nitrogen and oxygen atoms in total. The number of rotatable bonds is 8. The third kappa shape index (κ3) is 5.92. The van der Waals surface area contributed by atoms with Crippen molar-refractivity contribution < 1.29 is 26.7 Å². The first-order valence-electron chi connectivity index (χ1n) is 9.91. The van der Waals surface area contributed by atoms with Crippen LogP contribution in [0.25, 0.3) is 0 Å². The molecule has 0 heterocycles. The minimum Gasteiger partial charge on any atom is -0.379 e. The van der Waals surface area contributed by atoms with E-state index in [1.807, 2.05) is 13.8 Å². The van der Waals surface area contributed by atoms with Crippen molar-refractivity contribution in [3.8, 4) is 5.75 Å². The summed E-state index contributed by atoms with van der Waals surface area (Å²) in [7, 11) is -4.12. The van der Waals surface area contributed by atoms with E-state index in [-0.39, 0.29) is 34.8 Å². The number of benzene rings is 3. The van der Waals surface area contributed by atoms with Gasteiger partial charge in [-0.3, -0.25) is 14.9 Å². The van der Waals surface area contributed by atoms with E-state index in [9.17, 15) is 27.7 Å². The first kappa shape index (κ1) is 23.9. The summed E-state index contributed by atoms with van der Waals surface area (Å²) in [6.45, 7) is 3.92. The molecule has 1 amide bonds. The Balaban J connectivity index is 1.73. The molecule has 33 heavy (non-hydrogen) atoms. The molecule has 3 aromatic rings. The number of amides is 1. The van der Waals surface area contributed by atoms with Crippen LogP contribution in [0.15, 0.2) is 77.7 Å². The summed E-state index contributed by atoms with van der Waals surface area (Å²) in [5.41, 5.74) is 0.943. The van der Waals surface area contributed by atoms with E-state index in [2.05, 4.69) is 0 Å². The van der Waals surface area contributed by atoms with Crippen molar-refractivity contribution in [3.63, 3.8) is 0 Å². The van der Waals surface area contributed by atoms with E-state index < -0.39 is 20.9 Å². The summed E-state index contributed by atoms with van der Waals surface area (Å²) in [6, 6.07) is 15.7. The Hall–Kier alpha value is -3.79. The lowest BCUT2D eigenvalue weighted by Crippen LogP contribution is -2.36. The molecular weight excluding hydrogens is 451 g/mol. The molecule has 0 fully saturated rings. The molecule has 0 aliphatic rings. The zero-order valence-corrected chi connectivity index (χ0v) is 18.7. The topological polar surface area (TPSA) is 107 Å². The number of nitro groups is 1. The Morgan fingerprint density at radius 1 is 1.00 bits per heavy atom. The molecule has 0 spiro atoms. The van der Waals surface area contributed by atoms with Crippen LogP contribution >= 0.6 is 0 Å². The molecule has 0 aromatic heterocycles. The third-order valence-electron chi connectivity index (χ3n) is 4.79. The first-order valence-corrected chi connectivity index (χ1v) is 11.3. The fourth-order valence-electron chi connectivity index (χ4n) is 3.00. The van der Waals surface area contributed by atoms with Gasteiger partial charge in [-0.1, -0.05) is 12.1 Å². The predicted octanol–water partition coefficient (Wildman–Crippen LogP) is 4.55. The van der Waals surface area contributed by atoms with Gasteiger partial charge in [0.15, 0.2) is 0 Å². The maximum Gasteiger partial charge on any atom is 0.339 e. The van der Waals surface area contributed by atoms with Gasteiger partial charge in [0.25, 0.3) is 11.6 Å². The monoisotopic (exact) mass is 472 g/mol. The van der Waals surface area contributed by atoms with Crippen LogP contribution in [-0.2, 0) is 16.7 Å². The molecule has 0 N–H and O–H groups in total.